The summed E-state index contributed by atoms with van der Waals surface area (Å²) in [5, 5.41) is 0.703. The molecule has 35 heavy (non-hydrogen) atoms. The summed E-state index contributed by atoms with van der Waals surface area (Å²) < 4.78 is 33.4. The highest BCUT2D eigenvalue weighted by atomic mass is 32.2. The third-order valence-electron chi connectivity index (χ3n) is 6.10. The van der Waals surface area contributed by atoms with Crippen LogP contribution in [0.2, 0.25) is 0 Å². The van der Waals surface area contributed by atoms with Crippen LogP contribution in [0, 0.1) is 6.92 Å². The summed E-state index contributed by atoms with van der Waals surface area (Å²) in [6.07, 6.45) is 2.69. The van der Waals surface area contributed by atoms with Crippen LogP contribution in [-0.2, 0) is 20.5 Å². The molecule has 2 aromatic heterocycles. The molecule has 0 radical (unpaired) electrons. The van der Waals surface area contributed by atoms with Crippen molar-refractivity contribution in [2.75, 3.05) is 18.0 Å². The fraction of sp³-hybridized carbons (Fsp3) is 0.480. The largest absolute Gasteiger partial charge is 0.444 e. The summed E-state index contributed by atoms with van der Waals surface area (Å²) in [5.74, 6) is 0.544. The lowest BCUT2D eigenvalue weighted by molar-refractivity contribution is 0.0130. The van der Waals surface area contributed by atoms with E-state index >= 15 is 0 Å². The van der Waals surface area contributed by atoms with Crippen LogP contribution in [0.3, 0.4) is 0 Å². The lowest BCUT2D eigenvalue weighted by Gasteiger charge is -2.44. The lowest BCUT2D eigenvalue weighted by Crippen LogP contribution is -2.59. The number of nitrogens with zero attached hydrogens (tertiary/aromatic N) is 5. The summed E-state index contributed by atoms with van der Waals surface area (Å²) in [6.45, 7) is 12.4. The van der Waals surface area contributed by atoms with E-state index in [0.717, 1.165) is 5.56 Å². The number of aryl methyl sites for hydroxylation is 1. The maximum atomic E-state index is 13.3. The van der Waals surface area contributed by atoms with E-state index in [1.807, 2.05) is 59.7 Å². The number of anilines is 1. The molecule has 0 aliphatic carbocycles. The quantitative estimate of drug-likeness (QED) is 0.536. The second kappa shape index (κ2) is 9.14. The van der Waals surface area contributed by atoms with Gasteiger partial charge in [-0.2, -0.15) is 0 Å². The van der Waals surface area contributed by atoms with Gasteiger partial charge in [0, 0.05) is 31.4 Å². The molecule has 2 atom stereocenters. The van der Waals surface area contributed by atoms with Gasteiger partial charge in [0.1, 0.15) is 17.7 Å². The molecule has 3 heterocycles. The van der Waals surface area contributed by atoms with Gasteiger partial charge in [0.15, 0.2) is 5.65 Å². The first-order chi connectivity index (χ1) is 16.4. The summed E-state index contributed by atoms with van der Waals surface area (Å²) in [4.78, 5) is 25.5. The van der Waals surface area contributed by atoms with Crippen LogP contribution in [0.25, 0.3) is 11.0 Å². The molecule has 1 saturated heterocycles. The van der Waals surface area contributed by atoms with Crippen molar-refractivity contribution >= 4 is 33.0 Å². The molecule has 0 unspecified atom stereocenters. The Bertz CT molecular complexity index is 1330. The van der Waals surface area contributed by atoms with Gasteiger partial charge in [-0.15, -0.1) is 0 Å². The van der Waals surface area contributed by atoms with Crippen LogP contribution in [0.5, 0.6) is 0 Å². The first kappa shape index (κ1) is 25.0. The Hall–Kier alpha value is -3.14. The summed E-state index contributed by atoms with van der Waals surface area (Å²) in [5.41, 5.74) is 1.28. The number of aromatic nitrogens is 3. The topological polar surface area (TPSA) is 97.6 Å². The maximum Gasteiger partial charge on any atom is 0.410 e. The van der Waals surface area contributed by atoms with Crippen LogP contribution < -0.4 is 4.90 Å². The summed E-state index contributed by atoms with van der Waals surface area (Å²) >= 11 is 0. The number of carbonyl (C=O) groups is 1. The third kappa shape index (κ3) is 5.12. The lowest BCUT2D eigenvalue weighted by atomic mass is 10.1. The minimum absolute atomic E-state index is 0.0551. The molecule has 3 aromatic rings. The highest BCUT2D eigenvalue weighted by Gasteiger charge is 2.36. The molecule has 10 heteroatoms. The van der Waals surface area contributed by atoms with Gasteiger partial charge in [-0.25, -0.2) is 27.2 Å². The minimum atomic E-state index is -3.69. The Morgan fingerprint density at radius 3 is 2.43 bits per heavy atom. The van der Waals surface area contributed by atoms with Crippen molar-refractivity contribution in [1.29, 1.82) is 0 Å². The standard InChI is InChI=1S/C25H33N5O4S/c1-17-12-30(35(32,33)15-20-10-8-7-9-11-20)23-21(17)22(26-16-27-23)28-13-19(3)29(14-18(28)2)24(31)34-25(4,5)6/h7-12,16,18-19H,13-15H2,1-6H3/t18-,19+/m0/s1. The average Bonchev–Trinajstić information content (AvgIpc) is 3.12. The van der Waals surface area contributed by atoms with E-state index in [1.165, 1.54) is 10.3 Å². The van der Waals surface area contributed by atoms with Crippen molar-refractivity contribution < 1.29 is 17.9 Å². The number of piperazine rings is 1. The van der Waals surface area contributed by atoms with Crippen LogP contribution in [-0.4, -0.2) is 64.1 Å². The highest BCUT2D eigenvalue weighted by Crippen LogP contribution is 2.32. The molecule has 1 aliphatic rings. The SMILES string of the molecule is Cc1cn(S(=O)(=O)Cc2ccccc2)c2ncnc(N3C[C@@H](C)N(C(=O)OC(C)(C)C)C[C@@H]3C)c12. The van der Waals surface area contributed by atoms with Gasteiger partial charge in [-0.05, 0) is 52.7 Å². The number of amides is 1. The maximum absolute atomic E-state index is 13.3. The zero-order valence-corrected chi connectivity index (χ0v) is 21.9. The smallest absolute Gasteiger partial charge is 0.410 e. The molecule has 188 valence electrons. The van der Waals surface area contributed by atoms with E-state index < -0.39 is 15.6 Å². The zero-order chi connectivity index (χ0) is 25.5. The van der Waals surface area contributed by atoms with E-state index in [9.17, 15) is 13.2 Å². The Labute approximate surface area is 206 Å². The molecule has 9 nitrogen and oxygen atoms in total. The van der Waals surface area contributed by atoms with Gasteiger partial charge >= 0.3 is 6.09 Å². The predicted molar refractivity (Wildman–Crippen MR) is 136 cm³/mol. The van der Waals surface area contributed by atoms with Gasteiger partial charge in [0.25, 0.3) is 0 Å². The second-order valence-corrected chi connectivity index (χ2v) is 12.1. The minimum Gasteiger partial charge on any atom is -0.444 e. The molecular weight excluding hydrogens is 466 g/mol. The molecule has 1 aromatic carbocycles. The summed E-state index contributed by atoms with van der Waals surface area (Å²) in [6, 6.07) is 8.92. The number of rotatable bonds is 4. The van der Waals surface area contributed by atoms with Crippen molar-refractivity contribution in [3.63, 3.8) is 0 Å². The van der Waals surface area contributed by atoms with Gasteiger partial charge in [0.2, 0.25) is 10.0 Å². The molecule has 0 saturated carbocycles. The average molecular weight is 500 g/mol. The normalized spacial score (nSPS) is 19.3. The van der Waals surface area contributed by atoms with Gasteiger partial charge in [0.05, 0.1) is 11.1 Å². The van der Waals surface area contributed by atoms with Crippen LogP contribution in [0.1, 0.15) is 45.7 Å². The Kier molecular flexibility index (Phi) is 6.52. The first-order valence-electron chi connectivity index (χ1n) is 11.7. The van der Waals surface area contributed by atoms with Crippen molar-refractivity contribution in [3.8, 4) is 0 Å². The predicted octanol–water partition coefficient (Wildman–Crippen LogP) is 3.95. The van der Waals surface area contributed by atoms with Gasteiger partial charge < -0.3 is 14.5 Å². The van der Waals surface area contributed by atoms with E-state index in [2.05, 4.69) is 14.9 Å². The van der Waals surface area contributed by atoms with Crippen molar-refractivity contribution in [3.05, 3.63) is 54.0 Å². The van der Waals surface area contributed by atoms with Crippen LogP contribution in [0.15, 0.2) is 42.9 Å². The second-order valence-electron chi connectivity index (χ2n) is 10.2. The fourth-order valence-electron chi connectivity index (χ4n) is 4.47. The number of hydrogen-bond acceptors (Lipinski definition) is 7. The van der Waals surface area contributed by atoms with Gasteiger partial charge in [-0.1, -0.05) is 30.3 Å². The Morgan fingerprint density at radius 1 is 1.09 bits per heavy atom. The number of hydrogen-bond donors (Lipinski definition) is 0. The molecule has 4 rings (SSSR count). The fourth-order valence-corrected chi connectivity index (χ4v) is 5.94. The van der Waals surface area contributed by atoms with Gasteiger partial charge in [-0.3, -0.25) is 0 Å². The molecular formula is C25H33N5O4S. The Morgan fingerprint density at radius 2 is 1.77 bits per heavy atom. The molecule has 1 fully saturated rings. The van der Waals surface area contributed by atoms with Crippen molar-refractivity contribution in [2.45, 2.75) is 65.0 Å². The van der Waals surface area contributed by atoms with E-state index in [0.29, 0.717) is 35.5 Å². The third-order valence-corrected chi connectivity index (χ3v) is 7.67. The molecule has 0 bridgehead atoms. The molecule has 0 N–H and O–H groups in total. The molecule has 1 aliphatic heterocycles. The van der Waals surface area contributed by atoms with E-state index in [4.69, 9.17) is 4.74 Å². The highest BCUT2D eigenvalue weighted by molar-refractivity contribution is 7.89. The summed E-state index contributed by atoms with van der Waals surface area (Å²) in [7, 11) is -3.69. The number of benzene rings is 1. The van der Waals surface area contributed by atoms with Crippen LogP contribution in [0.4, 0.5) is 10.6 Å². The van der Waals surface area contributed by atoms with Crippen LogP contribution >= 0.6 is 0 Å². The van der Waals surface area contributed by atoms with E-state index in [-0.39, 0.29) is 23.9 Å². The Balaban J connectivity index is 1.66. The monoisotopic (exact) mass is 499 g/mol. The number of carbonyl (C=O) groups excluding carboxylic acids is 1. The number of fused-ring (bicyclic) bond motifs is 1. The van der Waals surface area contributed by atoms with Crippen molar-refractivity contribution in [1.82, 2.24) is 18.8 Å². The zero-order valence-electron chi connectivity index (χ0n) is 21.1. The number of ether oxygens (including phenoxy) is 1. The molecule has 0 spiro atoms. The van der Waals surface area contributed by atoms with Crippen molar-refractivity contribution in [2.24, 2.45) is 0 Å². The first-order valence-corrected chi connectivity index (χ1v) is 13.3. The van der Waals surface area contributed by atoms with E-state index in [1.54, 1.807) is 23.2 Å². The molecule has 1 amide bonds.